The monoisotopic (exact) mass is 362 g/mol. The largest absolute Gasteiger partial charge is 0.501 e. The molecule has 142 valence electrons. The lowest BCUT2D eigenvalue weighted by atomic mass is 10.2. The number of ether oxygens (including phenoxy) is 2. The van der Waals surface area contributed by atoms with Crippen molar-refractivity contribution in [3.05, 3.63) is 12.2 Å². The molecule has 6 nitrogen and oxygen atoms in total. The van der Waals surface area contributed by atoms with Crippen molar-refractivity contribution in [1.82, 2.24) is 0 Å². The van der Waals surface area contributed by atoms with Crippen molar-refractivity contribution in [3.8, 4) is 0 Å². The Bertz CT molecular complexity index is 355. The van der Waals surface area contributed by atoms with Crippen molar-refractivity contribution < 1.29 is 27.5 Å². The molecule has 0 radical (unpaired) electrons. The van der Waals surface area contributed by atoms with Crippen LogP contribution in [0.5, 0.6) is 0 Å². The number of carbonyl (C=O) groups is 1. The number of esters is 1. The molecule has 0 saturated carbocycles. The summed E-state index contributed by atoms with van der Waals surface area (Å²) in [6.45, 7) is 13.2. The fourth-order valence-corrected chi connectivity index (χ4v) is 5.02. The van der Waals surface area contributed by atoms with Gasteiger partial charge in [-0.25, -0.2) is 4.79 Å². The average Bonchev–Trinajstić information content (AvgIpc) is 2.52. The Morgan fingerprint density at radius 2 is 1.75 bits per heavy atom. The average molecular weight is 363 g/mol. The van der Waals surface area contributed by atoms with Gasteiger partial charge in [-0.15, -0.1) is 0 Å². The molecule has 0 bridgehead atoms. The van der Waals surface area contributed by atoms with Crippen LogP contribution >= 0.6 is 0 Å². The van der Waals surface area contributed by atoms with Gasteiger partial charge in [0.05, 0.1) is 6.61 Å². The van der Waals surface area contributed by atoms with Crippen LogP contribution in [-0.2, 0) is 27.5 Å². The highest BCUT2D eigenvalue weighted by atomic mass is 28.4. The Balaban J connectivity index is 4.42. The standard InChI is InChI=1S/C17H34O6Si/c1-7-21-24(22-8-2,14-10-12-19-6)23-16(5)11-9-13-20-17(18)15(3)4/h16H,3,7-14H2,1-2,4-6H3. The van der Waals surface area contributed by atoms with Gasteiger partial charge in [0.2, 0.25) is 0 Å². The molecule has 0 aliphatic rings. The van der Waals surface area contributed by atoms with Crippen molar-refractivity contribution in [2.24, 2.45) is 0 Å². The van der Waals surface area contributed by atoms with E-state index in [0.717, 1.165) is 25.3 Å². The molecule has 7 heteroatoms. The molecule has 0 aromatic heterocycles. The minimum atomic E-state index is -2.70. The number of methoxy groups -OCH3 is 1. The maximum absolute atomic E-state index is 11.3. The summed E-state index contributed by atoms with van der Waals surface area (Å²) < 4.78 is 28.2. The van der Waals surface area contributed by atoms with E-state index in [1.807, 2.05) is 20.8 Å². The SMILES string of the molecule is C=C(C)C(=O)OCCCC(C)O[Si](CCCOC)(OCC)OCC. The van der Waals surface area contributed by atoms with Gasteiger partial charge >= 0.3 is 14.8 Å². The van der Waals surface area contributed by atoms with Crippen LogP contribution in [0.1, 0.15) is 47.0 Å². The van der Waals surface area contributed by atoms with E-state index in [0.29, 0.717) is 32.0 Å². The Labute approximate surface area is 147 Å². The number of hydrogen-bond acceptors (Lipinski definition) is 6. The zero-order valence-corrected chi connectivity index (χ0v) is 16.9. The van der Waals surface area contributed by atoms with Crippen LogP contribution in [0.25, 0.3) is 0 Å². The van der Waals surface area contributed by atoms with Gasteiger partial charge in [0.1, 0.15) is 0 Å². The van der Waals surface area contributed by atoms with Crippen molar-refractivity contribution in [3.63, 3.8) is 0 Å². The van der Waals surface area contributed by atoms with E-state index in [-0.39, 0.29) is 12.1 Å². The van der Waals surface area contributed by atoms with Crippen LogP contribution in [0.4, 0.5) is 0 Å². The maximum atomic E-state index is 11.3. The molecule has 1 unspecified atom stereocenters. The summed E-state index contributed by atoms with van der Waals surface area (Å²) in [7, 11) is -1.02. The lowest BCUT2D eigenvalue weighted by Gasteiger charge is -2.31. The summed E-state index contributed by atoms with van der Waals surface area (Å²) in [5.41, 5.74) is 0.413. The van der Waals surface area contributed by atoms with Gasteiger partial charge in [-0.05, 0) is 47.0 Å². The maximum Gasteiger partial charge on any atom is 0.501 e. The first-order valence-corrected chi connectivity index (χ1v) is 10.6. The summed E-state index contributed by atoms with van der Waals surface area (Å²) in [5, 5.41) is 0. The fourth-order valence-electron chi connectivity index (χ4n) is 2.21. The summed E-state index contributed by atoms with van der Waals surface area (Å²) in [5.74, 6) is -0.351. The Hall–Kier alpha value is -0.733. The van der Waals surface area contributed by atoms with E-state index in [4.69, 9.17) is 22.8 Å². The van der Waals surface area contributed by atoms with Gasteiger partial charge in [0.15, 0.2) is 0 Å². The zero-order chi connectivity index (χ0) is 18.4. The molecule has 0 aliphatic heterocycles. The first kappa shape index (κ1) is 23.3. The Kier molecular flexibility index (Phi) is 13.1. The van der Waals surface area contributed by atoms with E-state index in [9.17, 15) is 4.79 Å². The molecule has 0 aromatic carbocycles. The predicted octanol–water partition coefficient (Wildman–Crippen LogP) is 3.34. The molecule has 0 fully saturated rings. The molecule has 1 atom stereocenters. The number of carbonyl (C=O) groups excluding carboxylic acids is 1. The fraction of sp³-hybridized carbons (Fsp3) is 0.824. The van der Waals surface area contributed by atoms with Crippen LogP contribution in [0.15, 0.2) is 12.2 Å². The molecule has 0 spiro atoms. The summed E-state index contributed by atoms with van der Waals surface area (Å²) in [4.78, 5) is 11.3. The second-order valence-electron chi connectivity index (χ2n) is 5.63. The minimum absolute atomic E-state index is 0.0270. The highest BCUT2D eigenvalue weighted by Crippen LogP contribution is 2.21. The van der Waals surface area contributed by atoms with Crippen molar-refractivity contribution in [2.45, 2.75) is 59.1 Å². The van der Waals surface area contributed by atoms with Crippen LogP contribution in [0.3, 0.4) is 0 Å². The number of rotatable bonds is 15. The van der Waals surface area contributed by atoms with Gasteiger partial charge in [-0.2, -0.15) is 0 Å². The summed E-state index contributed by atoms with van der Waals surface area (Å²) in [6, 6.07) is 0.734. The molecule has 0 aromatic rings. The normalized spacial score (nSPS) is 12.9. The van der Waals surface area contributed by atoms with Gasteiger partial charge in [0, 0.05) is 44.7 Å². The first-order chi connectivity index (χ1) is 11.4. The molecule has 0 amide bonds. The highest BCUT2D eigenvalue weighted by Gasteiger charge is 2.41. The second kappa shape index (κ2) is 13.5. The quantitative estimate of drug-likeness (QED) is 0.193. The highest BCUT2D eigenvalue weighted by molar-refractivity contribution is 6.60. The molecule has 0 rings (SSSR count). The molecule has 0 saturated heterocycles. The van der Waals surface area contributed by atoms with Crippen molar-refractivity contribution >= 4 is 14.8 Å². The second-order valence-corrected chi connectivity index (χ2v) is 8.31. The topological polar surface area (TPSA) is 63.2 Å². The van der Waals surface area contributed by atoms with Crippen molar-refractivity contribution in [1.29, 1.82) is 0 Å². The third kappa shape index (κ3) is 10.2. The number of hydrogen-bond donors (Lipinski definition) is 0. The first-order valence-electron chi connectivity index (χ1n) is 8.68. The Morgan fingerprint density at radius 3 is 2.25 bits per heavy atom. The molecular weight excluding hydrogens is 328 g/mol. The lowest BCUT2D eigenvalue weighted by Crippen LogP contribution is -2.48. The molecule has 0 heterocycles. The van der Waals surface area contributed by atoms with E-state index >= 15 is 0 Å². The minimum Gasteiger partial charge on any atom is -0.462 e. The van der Waals surface area contributed by atoms with Crippen LogP contribution in [0, 0.1) is 0 Å². The van der Waals surface area contributed by atoms with Crippen molar-refractivity contribution in [2.75, 3.05) is 33.5 Å². The molecule has 24 heavy (non-hydrogen) atoms. The van der Waals surface area contributed by atoms with Crippen LogP contribution in [-0.4, -0.2) is 54.4 Å². The van der Waals surface area contributed by atoms with Crippen LogP contribution < -0.4 is 0 Å². The van der Waals surface area contributed by atoms with E-state index in [2.05, 4.69) is 6.58 Å². The lowest BCUT2D eigenvalue weighted by molar-refractivity contribution is -0.139. The summed E-state index contributed by atoms with van der Waals surface area (Å²) in [6.07, 6.45) is 2.30. The molecule has 0 N–H and O–H groups in total. The smallest absolute Gasteiger partial charge is 0.462 e. The van der Waals surface area contributed by atoms with Gasteiger partial charge in [0.25, 0.3) is 0 Å². The van der Waals surface area contributed by atoms with E-state index < -0.39 is 8.80 Å². The Morgan fingerprint density at radius 1 is 1.12 bits per heavy atom. The molecular formula is C17H34O6Si. The summed E-state index contributed by atoms with van der Waals surface area (Å²) >= 11 is 0. The zero-order valence-electron chi connectivity index (χ0n) is 15.9. The van der Waals surface area contributed by atoms with Gasteiger partial charge in [-0.3, -0.25) is 0 Å². The van der Waals surface area contributed by atoms with Crippen LogP contribution in [0.2, 0.25) is 6.04 Å². The van der Waals surface area contributed by atoms with Gasteiger partial charge in [-0.1, -0.05) is 6.58 Å². The predicted molar refractivity (Wildman–Crippen MR) is 95.9 cm³/mol. The van der Waals surface area contributed by atoms with E-state index in [1.54, 1.807) is 14.0 Å². The molecule has 0 aliphatic carbocycles. The third-order valence-electron chi connectivity index (χ3n) is 3.28. The van der Waals surface area contributed by atoms with E-state index in [1.165, 1.54) is 0 Å². The van der Waals surface area contributed by atoms with Gasteiger partial charge < -0.3 is 22.8 Å². The third-order valence-corrected chi connectivity index (χ3v) is 6.46.